The molecular formula is C19H18FN3O. The molecule has 122 valence electrons. The standard InChI is InChI=1S/C19H18FN3O/c20-16-5-3-13(4-6-16)18(24)12-23-9-7-17-15(11-23)10-14-2-1-8-21-19(14)22-17/h1-6,8,10,18,24H,7,9,11-12H2. The predicted molar refractivity (Wildman–Crippen MR) is 89.9 cm³/mol. The fraction of sp³-hybridized carbons (Fsp3) is 0.263. The molecule has 0 bridgehead atoms. The molecule has 1 atom stereocenters. The third-order valence-corrected chi connectivity index (χ3v) is 4.50. The Balaban J connectivity index is 1.51. The van der Waals surface area contributed by atoms with E-state index in [0.29, 0.717) is 6.54 Å². The fourth-order valence-electron chi connectivity index (χ4n) is 3.21. The van der Waals surface area contributed by atoms with Gasteiger partial charge in [-0.3, -0.25) is 4.90 Å². The van der Waals surface area contributed by atoms with Crippen LogP contribution in [0.1, 0.15) is 22.9 Å². The highest BCUT2D eigenvalue weighted by molar-refractivity contribution is 5.75. The molecule has 0 spiro atoms. The smallest absolute Gasteiger partial charge is 0.159 e. The first-order valence-corrected chi connectivity index (χ1v) is 8.08. The highest BCUT2D eigenvalue weighted by Gasteiger charge is 2.21. The molecular weight excluding hydrogens is 305 g/mol. The molecule has 0 aliphatic carbocycles. The molecule has 0 fully saturated rings. The van der Waals surface area contributed by atoms with Crippen LogP contribution >= 0.6 is 0 Å². The van der Waals surface area contributed by atoms with E-state index in [2.05, 4.69) is 20.9 Å². The van der Waals surface area contributed by atoms with Crippen LogP contribution in [0.5, 0.6) is 0 Å². The summed E-state index contributed by atoms with van der Waals surface area (Å²) in [5, 5.41) is 11.4. The van der Waals surface area contributed by atoms with E-state index >= 15 is 0 Å². The molecule has 0 radical (unpaired) electrons. The van der Waals surface area contributed by atoms with Crippen molar-refractivity contribution in [2.45, 2.75) is 19.1 Å². The minimum atomic E-state index is -0.623. The number of fused-ring (bicyclic) bond motifs is 2. The monoisotopic (exact) mass is 323 g/mol. The number of β-amino-alcohol motifs (C(OH)–C–C–N with tert-alkyl or cyclic N) is 1. The van der Waals surface area contributed by atoms with Crippen molar-refractivity contribution >= 4 is 11.0 Å². The van der Waals surface area contributed by atoms with Crippen molar-refractivity contribution in [2.24, 2.45) is 0 Å². The molecule has 1 unspecified atom stereocenters. The second kappa shape index (κ2) is 6.26. The number of aromatic nitrogens is 2. The first kappa shape index (κ1) is 15.2. The van der Waals surface area contributed by atoms with Crippen LogP contribution in [0.25, 0.3) is 11.0 Å². The maximum Gasteiger partial charge on any atom is 0.159 e. The number of aliphatic hydroxyl groups is 1. The topological polar surface area (TPSA) is 49.2 Å². The van der Waals surface area contributed by atoms with E-state index in [1.807, 2.05) is 12.1 Å². The first-order valence-electron chi connectivity index (χ1n) is 8.08. The minimum Gasteiger partial charge on any atom is -0.387 e. The zero-order valence-electron chi connectivity index (χ0n) is 13.2. The number of benzene rings is 1. The largest absolute Gasteiger partial charge is 0.387 e. The number of rotatable bonds is 3. The summed E-state index contributed by atoms with van der Waals surface area (Å²) < 4.78 is 13.0. The molecule has 4 rings (SSSR count). The van der Waals surface area contributed by atoms with E-state index in [9.17, 15) is 9.50 Å². The summed E-state index contributed by atoms with van der Waals surface area (Å²) >= 11 is 0. The van der Waals surface area contributed by atoms with Crippen LogP contribution in [0.2, 0.25) is 0 Å². The Morgan fingerprint density at radius 3 is 2.88 bits per heavy atom. The van der Waals surface area contributed by atoms with Crippen LogP contribution in [-0.4, -0.2) is 33.1 Å². The SMILES string of the molecule is OC(CN1CCc2nc3ncccc3cc2C1)c1ccc(F)cc1. The van der Waals surface area contributed by atoms with E-state index in [1.165, 1.54) is 17.7 Å². The van der Waals surface area contributed by atoms with Crippen molar-refractivity contribution in [3.05, 3.63) is 71.3 Å². The van der Waals surface area contributed by atoms with Gasteiger partial charge in [-0.25, -0.2) is 14.4 Å². The molecule has 1 N–H and O–H groups in total. The quantitative estimate of drug-likeness (QED) is 0.805. The Morgan fingerprint density at radius 2 is 2.04 bits per heavy atom. The Bertz CT molecular complexity index is 866. The van der Waals surface area contributed by atoms with Gasteiger partial charge in [0.1, 0.15) is 5.82 Å². The zero-order valence-corrected chi connectivity index (χ0v) is 13.2. The van der Waals surface area contributed by atoms with Gasteiger partial charge in [-0.05, 0) is 41.5 Å². The Kier molecular flexibility index (Phi) is 3.96. The normalized spacial score (nSPS) is 16.1. The summed E-state index contributed by atoms with van der Waals surface area (Å²) in [7, 11) is 0. The summed E-state index contributed by atoms with van der Waals surface area (Å²) in [6, 6.07) is 12.1. The summed E-state index contributed by atoms with van der Waals surface area (Å²) in [4.78, 5) is 11.2. The zero-order chi connectivity index (χ0) is 16.5. The van der Waals surface area contributed by atoms with Crippen LogP contribution < -0.4 is 0 Å². The van der Waals surface area contributed by atoms with Gasteiger partial charge in [-0.15, -0.1) is 0 Å². The molecule has 5 heteroatoms. The number of aliphatic hydroxyl groups excluding tert-OH is 1. The lowest BCUT2D eigenvalue weighted by atomic mass is 10.0. The molecule has 0 amide bonds. The second-order valence-electron chi connectivity index (χ2n) is 6.20. The number of hydrogen-bond acceptors (Lipinski definition) is 4. The number of nitrogens with zero attached hydrogens (tertiary/aromatic N) is 3. The van der Waals surface area contributed by atoms with Crippen LogP contribution in [0, 0.1) is 5.82 Å². The first-order chi connectivity index (χ1) is 11.7. The molecule has 0 saturated carbocycles. The van der Waals surface area contributed by atoms with Crippen molar-refractivity contribution in [2.75, 3.05) is 13.1 Å². The Morgan fingerprint density at radius 1 is 1.21 bits per heavy atom. The molecule has 3 aromatic rings. The molecule has 1 aliphatic rings. The van der Waals surface area contributed by atoms with Gasteiger partial charge in [0.15, 0.2) is 5.65 Å². The lowest BCUT2D eigenvalue weighted by Gasteiger charge is -2.30. The summed E-state index contributed by atoms with van der Waals surface area (Å²) in [5.74, 6) is -0.288. The number of hydrogen-bond donors (Lipinski definition) is 1. The third-order valence-electron chi connectivity index (χ3n) is 4.50. The molecule has 3 heterocycles. The van der Waals surface area contributed by atoms with Crippen molar-refractivity contribution in [3.8, 4) is 0 Å². The molecule has 2 aromatic heterocycles. The van der Waals surface area contributed by atoms with Crippen molar-refractivity contribution in [3.63, 3.8) is 0 Å². The van der Waals surface area contributed by atoms with Gasteiger partial charge in [0, 0.05) is 43.3 Å². The molecule has 0 saturated heterocycles. The minimum absolute atomic E-state index is 0.288. The lowest BCUT2D eigenvalue weighted by molar-refractivity contribution is 0.105. The Hall–Kier alpha value is -2.37. The molecule has 4 nitrogen and oxygen atoms in total. The van der Waals surface area contributed by atoms with Crippen molar-refractivity contribution in [1.29, 1.82) is 0 Å². The van der Waals surface area contributed by atoms with E-state index in [4.69, 9.17) is 0 Å². The van der Waals surface area contributed by atoms with Gasteiger partial charge in [0.25, 0.3) is 0 Å². The summed E-state index contributed by atoms with van der Waals surface area (Å²) in [5.41, 5.74) is 3.81. The average Bonchev–Trinajstić information content (AvgIpc) is 2.60. The predicted octanol–water partition coefficient (Wildman–Crippen LogP) is 2.86. The van der Waals surface area contributed by atoms with E-state index < -0.39 is 6.10 Å². The van der Waals surface area contributed by atoms with Crippen LogP contribution in [0.15, 0.2) is 48.7 Å². The Labute approximate surface area is 139 Å². The fourth-order valence-corrected chi connectivity index (χ4v) is 3.21. The van der Waals surface area contributed by atoms with Crippen molar-refractivity contribution < 1.29 is 9.50 Å². The van der Waals surface area contributed by atoms with Gasteiger partial charge >= 0.3 is 0 Å². The van der Waals surface area contributed by atoms with E-state index in [-0.39, 0.29) is 5.82 Å². The summed E-state index contributed by atoms with van der Waals surface area (Å²) in [6.45, 7) is 2.12. The maximum absolute atomic E-state index is 13.0. The lowest BCUT2D eigenvalue weighted by Crippen LogP contribution is -2.34. The third kappa shape index (κ3) is 3.00. The van der Waals surface area contributed by atoms with Crippen LogP contribution in [0.4, 0.5) is 4.39 Å². The van der Waals surface area contributed by atoms with Gasteiger partial charge in [0.2, 0.25) is 0 Å². The van der Waals surface area contributed by atoms with Gasteiger partial charge < -0.3 is 5.11 Å². The van der Waals surface area contributed by atoms with Gasteiger partial charge in [0.05, 0.1) is 6.10 Å². The molecule has 1 aliphatic heterocycles. The molecule has 24 heavy (non-hydrogen) atoms. The van der Waals surface area contributed by atoms with E-state index in [1.54, 1.807) is 18.3 Å². The highest BCUT2D eigenvalue weighted by Crippen LogP contribution is 2.23. The summed E-state index contributed by atoms with van der Waals surface area (Å²) in [6.07, 6.45) is 1.98. The van der Waals surface area contributed by atoms with Gasteiger partial charge in [-0.2, -0.15) is 0 Å². The second-order valence-corrected chi connectivity index (χ2v) is 6.20. The van der Waals surface area contributed by atoms with Gasteiger partial charge in [-0.1, -0.05) is 12.1 Å². The van der Waals surface area contributed by atoms with E-state index in [0.717, 1.165) is 41.8 Å². The average molecular weight is 323 g/mol. The number of halogens is 1. The van der Waals surface area contributed by atoms with Crippen LogP contribution in [0.3, 0.4) is 0 Å². The van der Waals surface area contributed by atoms with Crippen LogP contribution in [-0.2, 0) is 13.0 Å². The van der Waals surface area contributed by atoms with Crippen molar-refractivity contribution in [1.82, 2.24) is 14.9 Å². The number of pyridine rings is 2. The maximum atomic E-state index is 13.0. The highest BCUT2D eigenvalue weighted by atomic mass is 19.1. The molecule has 1 aromatic carbocycles.